The molecule has 106 valence electrons. The maximum absolute atomic E-state index is 5.01. The number of rotatable bonds is 8. The van der Waals surface area contributed by atoms with Gasteiger partial charge in [-0.25, -0.2) is 0 Å². The van der Waals surface area contributed by atoms with Gasteiger partial charge in [0.2, 0.25) is 0 Å². The van der Waals surface area contributed by atoms with Crippen molar-refractivity contribution in [2.45, 2.75) is 25.8 Å². The number of methoxy groups -OCH3 is 1. The molecule has 1 aliphatic rings. The summed E-state index contributed by atoms with van der Waals surface area (Å²) in [7, 11) is 3.92. The van der Waals surface area contributed by atoms with Crippen LogP contribution in [0.2, 0.25) is 0 Å². The van der Waals surface area contributed by atoms with Gasteiger partial charge >= 0.3 is 0 Å². The van der Waals surface area contributed by atoms with Crippen molar-refractivity contribution in [1.82, 2.24) is 10.2 Å². The number of likely N-dealkylation sites (N-methyl/N-ethyl adjacent to an activating group) is 1. The summed E-state index contributed by atoms with van der Waals surface area (Å²) in [6.07, 6.45) is 3.87. The predicted molar refractivity (Wildman–Crippen MR) is 79.5 cm³/mol. The fourth-order valence-electron chi connectivity index (χ4n) is 2.68. The zero-order valence-electron chi connectivity index (χ0n) is 12.2. The van der Waals surface area contributed by atoms with Crippen LogP contribution in [0.1, 0.15) is 23.1 Å². The number of fused-ring (bicyclic) bond motifs is 1. The lowest BCUT2D eigenvalue weighted by Crippen LogP contribution is -2.30. The Hall–Kier alpha value is -0.900. The van der Waals surface area contributed by atoms with Crippen molar-refractivity contribution >= 4 is 0 Å². The highest BCUT2D eigenvalue weighted by Gasteiger charge is 2.11. The standard InChI is InChI=1S/C16H26N2O/c1-18(10-8-17-9-11-19-2)13-14-6-7-15-4-3-5-16(15)12-14/h6-7,12,17H,3-5,8-11,13H2,1-2H3. The first-order valence-corrected chi connectivity index (χ1v) is 7.28. The normalized spacial score (nSPS) is 14.1. The summed E-state index contributed by atoms with van der Waals surface area (Å²) in [4.78, 5) is 2.37. The monoisotopic (exact) mass is 262 g/mol. The van der Waals surface area contributed by atoms with Gasteiger partial charge in [0.25, 0.3) is 0 Å². The second-order valence-electron chi connectivity index (χ2n) is 5.44. The number of ether oxygens (including phenoxy) is 1. The summed E-state index contributed by atoms with van der Waals surface area (Å²) >= 11 is 0. The Balaban J connectivity index is 1.71. The fraction of sp³-hybridized carbons (Fsp3) is 0.625. The Labute approximate surface area is 116 Å². The third kappa shape index (κ3) is 4.60. The smallest absolute Gasteiger partial charge is 0.0587 e. The highest BCUT2D eigenvalue weighted by molar-refractivity contribution is 5.35. The van der Waals surface area contributed by atoms with E-state index in [1.54, 1.807) is 18.2 Å². The lowest BCUT2D eigenvalue weighted by Gasteiger charge is -2.17. The van der Waals surface area contributed by atoms with Crippen LogP contribution in [0.4, 0.5) is 0 Å². The van der Waals surface area contributed by atoms with E-state index in [1.165, 1.54) is 24.8 Å². The number of aryl methyl sites for hydroxylation is 2. The summed E-state index contributed by atoms with van der Waals surface area (Å²) in [5.41, 5.74) is 4.58. The van der Waals surface area contributed by atoms with Crippen molar-refractivity contribution in [1.29, 1.82) is 0 Å². The molecular weight excluding hydrogens is 236 g/mol. The minimum absolute atomic E-state index is 0.786. The fourth-order valence-corrected chi connectivity index (χ4v) is 2.68. The largest absolute Gasteiger partial charge is 0.383 e. The Morgan fingerprint density at radius 2 is 2.05 bits per heavy atom. The minimum atomic E-state index is 0.786. The first kappa shape index (κ1) is 14.5. The van der Waals surface area contributed by atoms with Gasteiger partial charge < -0.3 is 15.0 Å². The van der Waals surface area contributed by atoms with Gasteiger partial charge in [-0.1, -0.05) is 18.2 Å². The van der Waals surface area contributed by atoms with Crippen LogP contribution in [-0.4, -0.2) is 45.3 Å². The second-order valence-corrected chi connectivity index (χ2v) is 5.44. The molecule has 3 heteroatoms. The Morgan fingerprint density at radius 1 is 1.21 bits per heavy atom. The van der Waals surface area contributed by atoms with Gasteiger partial charge in [-0.3, -0.25) is 0 Å². The van der Waals surface area contributed by atoms with Gasteiger partial charge in [0.1, 0.15) is 0 Å². The number of nitrogens with one attached hydrogen (secondary N) is 1. The van der Waals surface area contributed by atoms with Crippen molar-refractivity contribution in [2.24, 2.45) is 0 Å². The van der Waals surface area contributed by atoms with Gasteiger partial charge in [-0.2, -0.15) is 0 Å². The maximum atomic E-state index is 5.01. The van der Waals surface area contributed by atoms with Crippen LogP contribution in [0.5, 0.6) is 0 Å². The molecule has 0 amide bonds. The molecule has 1 N–H and O–H groups in total. The van der Waals surface area contributed by atoms with E-state index in [1.807, 2.05) is 0 Å². The van der Waals surface area contributed by atoms with Crippen molar-refractivity contribution in [3.63, 3.8) is 0 Å². The molecule has 1 aromatic carbocycles. The molecular formula is C16H26N2O. The van der Waals surface area contributed by atoms with Crippen LogP contribution in [-0.2, 0) is 24.1 Å². The highest BCUT2D eigenvalue weighted by atomic mass is 16.5. The molecule has 0 saturated heterocycles. The molecule has 19 heavy (non-hydrogen) atoms. The van der Waals surface area contributed by atoms with E-state index in [2.05, 4.69) is 35.5 Å². The molecule has 0 radical (unpaired) electrons. The van der Waals surface area contributed by atoms with Gasteiger partial charge in [-0.05, 0) is 43.0 Å². The SMILES string of the molecule is COCCNCCN(C)Cc1ccc2c(c1)CCC2. The summed E-state index contributed by atoms with van der Waals surface area (Å²) in [6, 6.07) is 7.01. The zero-order chi connectivity index (χ0) is 13.5. The maximum Gasteiger partial charge on any atom is 0.0587 e. The third-order valence-corrected chi connectivity index (χ3v) is 3.77. The van der Waals surface area contributed by atoms with Crippen LogP contribution in [0, 0.1) is 0 Å². The summed E-state index contributed by atoms with van der Waals surface area (Å²) in [5, 5.41) is 3.38. The molecule has 0 heterocycles. The Kier molecular flexibility index (Phi) is 5.83. The summed E-state index contributed by atoms with van der Waals surface area (Å²) in [5.74, 6) is 0. The van der Waals surface area contributed by atoms with Crippen LogP contribution in [0.3, 0.4) is 0 Å². The second kappa shape index (κ2) is 7.63. The molecule has 2 rings (SSSR count). The predicted octanol–water partition coefficient (Wildman–Crippen LogP) is 1.84. The number of hydrogen-bond donors (Lipinski definition) is 1. The van der Waals surface area contributed by atoms with Crippen molar-refractivity contribution in [3.8, 4) is 0 Å². The molecule has 3 nitrogen and oxygen atoms in total. The van der Waals surface area contributed by atoms with Gasteiger partial charge in [-0.15, -0.1) is 0 Å². The summed E-state index contributed by atoms with van der Waals surface area (Å²) < 4.78 is 5.01. The van der Waals surface area contributed by atoms with Crippen LogP contribution in [0.15, 0.2) is 18.2 Å². The first-order chi connectivity index (χ1) is 9.29. The van der Waals surface area contributed by atoms with E-state index in [4.69, 9.17) is 4.74 Å². The third-order valence-electron chi connectivity index (χ3n) is 3.77. The molecule has 0 fully saturated rings. The first-order valence-electron chi connectivity index (χ1n) is 7.28. The Bertz CT molecular complexity index is 392. The quantitative estimate of drug-likeness (QED) is 0.724. The van der Waals surface area contributed by atoms with Crippen molar-refractivity contribution in [2.75, 3.05) is 40.4 Å². The molecule has 0 saturated carbocycles. The molecule has 0 aliphatic heterocycles. The zero-order valence-corrected chi connectivity index (χ0v) is 12.2. The molecule has 0 spiro atoms. The van der Waals surface area contributed by atoms with Crippen molar-refractivity contribution < 1.29 is 4.74 Å². The average Bonchev–Trinajstić information content (AvgIpc) is 2.86. The topological polar surface area (TPSA) is 24.5 Å². The molecule has 1 aliphatic carbocycles. The van der Waals surface area contributed by atoms with Crippen molar-refractivity contribution in [3.05, 3.63) is 34.9 Å². The van der Waals surface area contributed by atoms with E-state index >= 15 is 0 Å². The molecule has 0 bridgehead atoms. The van der Waals surface area contributed by atoms with E-state index in [0.717, 1.165) is 32.8 Å². The van der Waals surface area contributed by atoms with Crippen LogP contribution >= 0.6 is 0 Å². The summed E-state index contributed by atoms with van der Waals surface area (Å²) in [6.45, 7) is 4.85. The average molecular weight is 262 g/mol. The van der Waals surface area contributed by atoms with Crippen LogP contribution in [0.25, 0.3) is 0 Å². The molecule has 1 aromatic rings. The highest BCUT2D eigenvalue weighted by Crippen LogP contribution is 2.23. The molecule has 0 aromatic heterocycles. The van der Waals surface area contributed by atoms with E-state index in [9.17, 15) is 0 Å². The minimum Gasteiger partial charge on any atom is -0.383 e. The van der Waals surface area contributed by atoms with E-state index in [0.29, 0.717) is 0 Å². The molecule has 0 unspecified atom stereocenters. The van der Waals surface area contributed by atoms with Gasteiger partial charge in [0, 0.05) is 33.3 Å². The lowest BCUT2D eigenvalue weighted by atomic mass is 10.1. The Morgan fingerprint density at radius 3 is 2.89 bits per heavy atom. The van der Waals surface area contributed by atoms with Gasteiger partial charge in [0.05, 0.1) is 6.61 Å². The number of nitrogens with zero attached hydrogens (tertiary/aromatic N) is 1. The molecule has 0 atom stereocenters. The van der Waals surface area contributed by atoms with Gasteiger partial charge in [0.15, 0.2) is 0 Å². The van der Waals surface area contributed by atoms with Crippen LogP contribution < -0.4 is 5.32 Å². The number of benzene rings is 1. The van der Waals surface area contributed by atoms with E-state index < -0.39 is 0 Å². The number of hydrogen-bond acceptors (Lipinski definition) is 3. The lowest BCUT2D eigenvalue weighted by molar-refractivity contribution is 0.197. The van der Waals surface area contributed by atoms with E-state index in [-0.39, 0.29) is 0 Å².